The predicted molar refractivity (Wildman–Crippen MR) is 116 cm³/mol. The Morgan fingerprint density at radius 1 is 1.03 bits per heavy atom. The number of anilines is 1. The molecule has 1 aliphatic carbocycles. The Kier molecular flexibility index (Phi) is 8.32. The number of halogens is 1. The Morgan fingerprint density at radius 2 is 1.62 bits per heavy atom. The summed E-state index contributed by atoms with van der Waals surface area (Å²) in [7, 11) is 1.43. The minimum Gasteiger partial charge on any atom is -0.469 e. The van der Waals surface area contributed by atoms with Crippen LogP contribution in [0, 0.1) is 17.2 Å². The van der Waals surface area contributed by atoms with Crippen molar-refractivity contribution >= 4 is 35.8 Å². The fourth-order valence-corrected chi connectivity index (χ4v) is 4.21. The summed E-state index contributed by atoms with van der Waals surface area (Å²) in [6.07, 6.45) is 4.91. The molecule has 0 unspecified atom stereocenters. The van der Waals surface area contributed by atoms with Crippen LogP contribution >= 0.6 is 12.4 Å². The van der Waals surface area contributed by atoms with Crippen LogP contribution in [0.25, 0.3) is 0 Å². The number of piperidine rings is 1. The molecule has 1 aromatic rings. The van der Waals surface area contributed by atoms with Crippen molar-refractivity contribution in [2.75, 3.05) is 25.1 Å². The van der Waals surface area contributed by atoms with Crippen molar-refractivity contribution in [3.8, 4) is 0 Å². The Labute approximate surface area is 178 Å². The van der Waals surface area contributed by atoms with Gasteiger partial charge in [0.05, 0.1) is 13.0 Å². The zero-order chi connectivity index (χ0) is 20.1. The summed E-state index contributed by atoms with van der Waals surface area (Å²) in [5.74, 6) is 0.117. The highest BCUT2D eigenvalue weighted by Crippen LogP contribution is 2.27. The highest BCUT2D eigenvalue weighted by molar-refractivity contribution is 5.95. The molecule has 8 heteroatoms. The Morgan fingerprint density at radius 3 is 2.14 bits per heavy atom. The van der Waals surface area contributed by atoms with Gasteiger partial charge in [0, 0.05) is 36.3 Å². The number of methoxy groups -OCH3 is 1. The lowest BCUT2D eigenvalue weighted by Gasteiger charge is -2.34. The molecule has 2 fully saturated rings. The third kappa shape index (κ3) is 5.85. The number of hydrogen-bond acceptors (Lipinski definition) is 5. The molecule has 2 aliphatic rings. The number of ether oxygens (including phenoxy) is 1. The van der Waals surface area contributed by atoms with Gasteiger partial charge in [-0.25, -0.2) is 0 Å². The average Bonchev–Trinajstić information content (AvgIpc) is 2.74. The quantitative estimate of drug-likeness (QED) is 0.383. The molecule has 1 aromatic carbocycles. The number of nitrogens with two attached hydrogens (primary N) is 1. The zero-order valence-corrected chi connectivity index (χ0v) is 17.7. The van der Waals surface area contributed by atoms with Crippen LogP contribution in [-0.4, -0.2) is 44.0 Å². The van der Waals surface area contributed by atoms with E-state index in [9.17, 15) is 9.59 Å². The number of nitrogen functional groups attached to an aromatic ring is 1. The van der Waals surface area contributed by atoms with Gasteiger partial charge in [-0.2, -0.15) is 0 Å². The van der Waals surface area contributed by atoms with E-state index in [0.717, 1.165) is 62.9 Å². The second-order valence-corrected chi connectivity index (χ2v) is 7.80. The number of amides is 1. The van der Waals surface area contributed by atoms with Gasteiger partial charge in [0.15, 0.2) is 0 Å². The van der Waals surface area contributed by atoms with Gasteiger partial charge in [-0.1, -0.05) is 0 Å². The first-order chi connectivity index (χ1) is 13.5. The molecule has 1 heterocycles. The molecule has 1 saturated heterocycles. The summed E-state index contributed by atoms with van der Waals surface area (Å²) >= 11 is 0. The van der Waals surface area contributed by atoms with Crippen LogP contribution in [0.3, 0.4) is 0 Å². The topological polar surface area (TPSA) is 109 Å². The highest BCUT2D eigenvalue weighted by atomic mass is 35.5. The largest absolute Gasteiger partial charge is 0.469 e. The fourth-order valence-electron chi connectivity index (χ4n) is 4.21. The first-order valence-corrected chi connectivity index (χ1v) is 10.1. The molecule has 0 bridgehead atoms. The molecule has 0 spiro atoms. The molecule has 4 N–H and O–H groups in total. The standard InChI is InChI=1S/C21H30N4O3.ClH/c1-28-21(27)16-2-6-17(7-3-16)24-20(26)15-10-12-25(13-11-15)18-8-4-14(5-9-18)19(22)23;/h4-5,8-9,15-17H,2-3,6-7,10-13H2,1H3,(H3,22,23)(H,24,26);1H. The van der Waals surface area contributed by atoms with Gasteiger partial charge < -0.3 is 20.7 Å². The van der Waals surface area contributed by atoms with Gasteiger partial charge in [-0.3, -0.25) is 15.0 Å². The van der Waals surface area contributed by atoms with E-state index in [1.165, 1.54) is 7.11 Å². The van der Waals surface area contributed by atoms with Crippen molar-refractivity contribution in [3.05, 3.63) is 29.8 Å². The minimum absolute atomic E-state index is 0. The lowest BCUT2D eigenvalue weighted by atomic mass is 9.85. The Hall–Kier alpha value is -2.28. The molecule has 7 nitrogen and oxygen atoms in total. The van der Waals surface area contributed by atoms with Crippen molar-refractivity contribution in [2.45, 2.75) is 44.6 Å². The molecule has 1 amide bonds. The summed E-state index contributed by atoms with van der Waals surface area (Å²) in [5, 5.41) is 10.7. The smallest absolute Gasteiger partial charge is 0.308 e. The third-order valence-corrected chi connectivity index (χ3v) is 6.02. The number of nitrogens with zero attached hydrogens (tertiary/aromatic N) is 1. The van der Waals surface area contributed by atoms with Crippen LogP contribution in [0.15, 0.2) is 24.3 Å². The van der Waals surface area contributed by atoms with Gasteiger partial charge in [-0.05, 0) is 62.8 Å². The number of rotatable bonds is 5. The molecule has 0 atom stereocenters. The lowest BCUT2D eigenvalue weighted by Crippen LogP contribution is -2.45. The van der Waals surface area contributed by atoms with E-state index >= 15 is 0 Å². The number of esters is 1. The van der Waals surface area contributed by atoms with Crippen molar-refractivity contribution < 1.29 is 14.3 Å². The summed E-state index contributed by atoms with van der Waals surface area (Å²) in [5.41, 5.74) is 7.33. The molecular formula is C21H31ClN4O3. The molecule has 160 valence electrons. The first kappa shape index (κ1) is 23.0. The maximum atomic E-state index is 12.6. The highest BCUT2D eigenvalue weighted by Gasteiger charge is 2.30. The summed E-state index contributed by atoms with van der Waals surface area (Å²) < 4.78 is 4.82. The summed E-state index contributed by atoms with van der Waals surface area (Å²) in [6.45, 7) is 1.68. The summed E-state index contributed by atoms with van der Waals surface area (Å²) in [4.78, 5) is 26.5. The number of amidine groups is 1. The van der Waals surface area contributed by atoms with Crippen LogP contribution in [0.5, 0.6) is 0 Å². The zero-order valence-electron chi connectivity index (χ0n) is 16.9. The monoisotopic (exact) mass is 422 g/mol. The fraction of sp³-hybridized carbons (Fsp3) is 0.571. The maximum Gasteiger partial charge on any atom is 0.308 e. The third-order valence-electron chi connectivity index (χ3n) is 6.02. The van der Waals surface area contributed by atoms with Crippen molar-refractivity contribution in [3.63, 3.8) is 0 Å². The van der Waals surface area contributed by atoms with Gasteiger partial charge in [0.1, 0.15) is 5.84 Å². The number of carbonyl (C=O) groups excluding carboxylic acids is 2. The maximum absolute atomic E-state index is 12.6. The number of hydrogen-bond donors (Lipinski definition) is 3. The van der Waals surface area contributed by atoms with Gasteiger partial charge in [-0.15, -0.1) is 12.4 Å². The second kappa shape index (κ2) is 10.5. The number of benzene rings is 1. The number of nitrogens with one attached hydrogen (secondary N) is 2. The molecular weight excluding hydrogens is 392 g/mol. The molecule has 1 saturated carbocycles. The van der Waals surface area contributed by atoms with Crippen LogP contribution in [0.2, 0.25) is 0 Å². The SMILES string of the molecule is COC(=O)C1CCC(NC(=O)C2CCN(c3ccc(C(=N)N)cc3)CC2)CC1.Cl. The average molecular weight is 423 g/mol. The predicted octanol–water partition coefficient (Wildman–Crippen LogP) is 2.46. The van der Waals surface area contributed by atoms with Crippen molar-refractivity contribution in [1.29, 1.82) is 5.41 Å². The van der Waals surface area contributed by atoms with E-state index in [1.54, 1.807) is 0 Å². The minimum atomic E-state index is -0.131. The summed E-state index contributed by atoms with van der Waals surface area (Å²) in [6, 6.07) is 7.86. The van der Waals surface area contributed by atoms with E-state index in [4.69, 9.17) is 15.9 Å². The van der Waals surface area contributed by atoms with Crippen LogP contribution in [-0.2, 0) is 14.3 Å². The molecule has 1 aliphatic heterocycles. The van der Waals surface area contributed by atoms with E-state index in [1.807, 2.05) is 24.3 Å². The van der Waals surface area contributed by atoms with E-state index in [-0.39, 0.29) is 48.0 Å². The number of carbonyl (C=O) groups is 2. The Bertz CT molecular complexity index is 709. The molecule has 29 heavy (non-hydrogen) atoms. The van der Waals surface area contributed by atoms with Crippen molar-refractivity contribution in [1.82, 2.24) is 5.32 Å². The molecule has 0 aromatic heterocycles. The second-order valence-electron chi connectivity index (χ2n) is 7.80. The van der Waals surface area contributed by atoms with Crippen LogP contribution in [0.1, 0.15) is 44.1 Å². The van der Waals surface area contributed by atoms with Crippen LogP contribution in [0.4, 0.5) is 5.69 Å². The Balaban J connectivity index is 0.00000300. The first-order valence-electron chi connectivity index (χ1n) is 10.1. The molecule has 0 radical (unpaired) electrons. The van der Waals surface area contributed by atoms with Gasteiger partial charge in [0.2, 0.25) is 5.91 Å². The van der Waals surface area contributed by atoms with Crippen LogP contribution < -0.4 is 16.0 Å². The lowest BCUT2D eigenvalue weighted by molar-refractivity contribution is -0.146. The van der Waals surface area contributed by atoms with Crippen molar-refractivity contribution in [2.24, 2.45) is 17.6 Å². The van der Waals surface area contributed by atoms with E-state index < -0.39 is 0 Å². The van der Waals surface area contributed by atoms with Gasteiger partial charge >= 0.3 is 5.97 Å². The van der Waals surface area contributed by atoms with Gasteiger partial charge in [0.25, 0.3) is 0 Å². The van der Waals surface area contributed by atoms with E-state index in [0.29, 0.717) is 0 Å². The molecule has 3 rings (SSSR count). The van der Waals surface area contributed by atoms with E-state index in [2.05, 4.69) is 10.2 Å². The normalized spacial score (nSPS) is 22.3.